The Kier molecular flexibility index (Phi) is 6.58. The second-order valence-electron chi connectivity index (χ2n) is 6.95. The lowest BCUT2D eigenvalue weighted by Gasteiger charge is -2.28. The molecule has 1 atom stereocenters. The molecule has 0 radical (unpaired) electrons. The van der Waals surface area contributed by atoms with E-state index >= 15 is 0 Å². The maximum absolute atomic E-state index is 13.1. The molecule has 1 fully saturated rings. The molecule has 0 bridgehead atoms. The SMILES string of the molecule is CCc1ccccc1N1C(=O)NC(=O)C(=Cc2ccc(OC(C)C(=O)O)c(OC)c2)C1=O. The molecule has 4 amide bonds. The van der Waals surface area contributed by atoms with Gasteiger partial charge >= 0.3 is 12.0 Å². The van der Waals surface area contributed by atoms with Gasteiger partial charge in [0.2, 0.25) is 0 Å². The van der Waals surface area contributed by atoms with Gasteiger partial charge in [0.1, 0.15) is 5.57 Å². The molecule has 9 nitrogen and oxygen atoms in total. The number of aliphatic carboxylic acids is 1. The number of hydrogen-bond acceptors (Lipinski definition) is 6. The summed E-state index contributed by atoms with van der Waals surface area (Å²) < 4.78 is 10.6. The predicted octanol–water partition coefficient (Wildman–Crippen LogP) is 2.78. The Morgan fingerprint density at radius 1 is 1.16 bits per heavy atom. The number of carboxylic acids is 1. The highest BCUT2D eigenvalue weighted by Gasteiger charge is 2.37. The van der Waals surface area contributed by atoms with Crippen LogP contribution in [0.1, 0.15) is 25.0 Å². The first-order valence-corrected chi connectivity index (χ1v) is 9.83. The average molecular weight is 438 g/mol. The summed E-state index contributed by atoms with van der Waals surface area (Å²) in [6, 6.07) is 10.7. The highest BCUT2D eigenvalue weighted by atomic mass is 16.5. The van der Waals surface area contributed by atoms with Crippen molar-refractivity contribution in [3.63, 3.8) is 0 Å². The van der Waals surface area contributed by atoms with Crippen LogP contribution in [0.5, 0.6) is 11.5 Å². The number of urea groups is 1. The normalized spacial score (nSPS) is 16.0. The van der Waals surface area contributed by atoms with Gasteiger partial charge < -0.3 is 14.6 Å². The van der Waals surface area contributed by atoms with Gasteiger partial charge in [-0.2, -0.15) is 0 Å². The molecule has 1 aliphatic heterocycles. The maximum atomic E-state index is 13.1. The monoisotopic (exact) mass is 438 g/mol. The number of amides is 4. The van der Waals surface area contributed by atoms with Crippen LogP contribution < -0.4 is 19.7 Å². The van der Waals surface area contributed by atoms with E-state index in [1.165, 1.54) is 32.2 Å². The first kappa shape index (κ1) is 22.5. The van der Waals surface area contributed by atoms with Crippen LogP contribution in [-0.4, -0.2) is 42.1 Å². The molecule has 2 N–H and O–H groups in total. The maximum Gasteiger partial charge on any atom is 0.344 e. The van der Waals surface area contributed by atoms with Crippen molar-refractivity contribution in [3.05, 3.63) is 59.2 Å². The average Bonchev–Trinajstić information content (AvgIpc) is 2.77. The number of ether oxygens (including phenoxy) is 2. The quantitative estimate of drug-likeness (QED) is 0.503. The largest absolute Gasteiger partial charge is 0.493 e. The molecular formula is C23H22N2O7. The summed E-state index contributed by atoms with van der Waals surface area (Å²) in [5.74, 6) is -2.29. The number of imide groups is 2. The molecule has 0 spiro atoms. The van der Waals surface area contributed by atoms with Crippen molar-refractivity contribution in [2.24, 2.45) is 0 Å². The van der Waals surface area contributed by atoms with E-state index in [0.29, 0.717) is 17.7 Å². The van der Waals surface area contributed by atoms with Crippen molar-refractivity contribution in [2.75, 3.05) is 12.0 Å². The van der Waals surface area contributed by atoms with Gasteiger partial charge in [-0.15, -0.1) is 0 Å². The molecule has 9 heteroatoms. The summed E-state index contributed by atoms with van der Waals surface area (Å²) >= 11 is 0. The minimum absolute atomic E-state index is 0.192. The Hall–Kier alpha value is -4.14. The van der Waals surface area contributed by atoms with Crippen molar-refractivity contribution in [1.29, 1.82) is 0 Å². The summed E-state index contributed by atoms with van der Waals surface area (Å²) in [4.78, 5) is 50.0. The minimum Gasteiger partial charge on any atom is -0.493 e. The van der Waals surface area contributed by atoms with Crippen LogP contribution in [0.2, 0.25) is 0 Å². The van der Waals surface area contributed by atoms with Crippen molar-refractivity contribution in [3.8, 4) is 11.5 Å². The van der Waals surface area contributed by atoms with E-state index in [1.54, 1.807) is 30.3 Å². The summed E-state index contributed by atoms with van der Waals surface area (Å²) in [5, 5.41) is 11.2. The Morgan fingerprint density at radius 3 is 2.53 bits per heavy atom. The Morgan fingerprint density at radius 2 is 1.88 bits per heavy atom. The number of barbiturate groups is 1. The summed E-state index contributed by atoms with van der Waals surface area (Å²) in [5.41, 5.74) is 1.37. The molecule has 32 heavy (non-hydrogen) atoms. The number of carboxylic acid groups (broad SMARTS) is 1. The number of nitrogens with zero attached hydrogens (tertiary/aromatic N) is 1. The van der Waals surface area contributed by atoms with Crippen LogP contribution in [0.25, 0.3) is 6.08 Å². The Balaban J connectivity index is 1.98. The van der Waals surface area contributed by atoms with Gasteiger partial charge in [-0.1, -0.05) is 31.2 Å². The molecule has 0 saturated carbocycles. The van der Waals surface area contributed by atoms with Crippen molar-refractivity contribution >= 4 is 35.6 Å². The number of hydrogen-bond donors (Lipinski definition) is 2. The van der Waals surface area contributed by atoms with Crippen LogP contribution in [0, 0.1) is 0 Å². The van der Waals surface area contributed by atoms with Crippen molar-refractivity contribution in [1.82, 2.24) is 5.32 Å². The smallest absolute Gasteiger partial charge is 0.344 e. The number of benzene rings is 2. The minimum atomic E-state index is -1.14. The highest BCUT2D eigenvalue weighted by molar-refractivity contribution is 6.39. The van der Waals surface area contributed by atoms with Crippen LogP contribution in [0.4, 0.5) is 10.5 Å². The highest BCUT2D eigenvalue weighted by Crippen LogP contribution is 2.31. The number of nitrogens with one attached hydrogen (secondary N) is 1. The second kappa shape index (κ2) is 9.34. The molecule has 166 valence electrons. The number of methoxy groups -OCH3 is 1. The van der Waals surface area contributed by atoms with E-state index in [9.17, 15) is 19.2 Å². The van der Waals surface area contributed by atoms with Gasteiger partial charge in [-0.25, -0.2) is 14.5 Å². The van der Waals surface area contributed by atoms with E-state index in [4.69, 9.17) is 14.6 Å². The first-order valence-electron chi connectivity index (χ1n) is 9.83. The van der Waals surface area contributed by atoms with Crippen LogP contribution in [0.3, 0.4) is 0 Å². The number of carbonyl (C=O) groups is 4. The third kappa shape index (κ3) is 4.46. The third-order valence-electron chi connectivity index (χ3n) is 4.87. The number of para-hydroxylation sites is 1. The Bertz CT molecular complexity index is 1120. The van der Waals surface area contributed by atoms with Gasteiger partial charge in [0.15, 0.2) is 17.6 Å². The number of carbonyl (C=O) groups excluding carboxylic acids is 3. The molecule has 1 saturated heterocycles. The fourth-order valence-corrected chi connectivity index (χ4v) is 3.18. The topological polar surface area (TPSA) is 122 Å². The summed E-state index contributed by atoms with van der Waals surface area (Å²) in [6.45, 7) is 3.27. The molecule has 0 aromatic heterocycles. The summed E-state index contributed by atoms with van der Waals surface area (Å²) in [6.07, 6.45) is 0.823. The van der Waals surface area contributed by atoms with Crippen molar-refractivity contribution in [2.45, 2.75) is 26.4 Å². The number of aryl methyl sites for hydroxylation is 1. The molecule has 1 heterocycles. The van der Waals surface area contributed by atoms with Gasteiger partial charge in [-0.3, -0.25) is 14.9 Å². The lowest BCUT2D eigenvalue weighted by Crippen LogP contribution is -2.54. The van der Waals surface area contributed by atoms with Crippen molar-refractivity contribution < 1.29 is 33.8 Å². The second-order valence-corrected chi connectivity index (χ2v) is 6.95. The third-order valence-corrected chi connectivity index (χ3v) is 4.87. The van der Waals surface area contributed by atoms with Gasteiger partial charge in [-0.05, 0) is 48.7 Å². The number of anilines is 1. The Labute approximate surface area is 184 Å². The van der Waals surface area contributed by atoms with E-state index in [0.717, 1.165) is 10.5 Å². The molecular weight excluding hydrogens is 416 g/mol. The lowest BCUT2D eigenvalue weighted by molar-refractivity contribution is -0.144. The molecule has 1 aliphatic rings. The number of rotatable bonds is 7. The zero-order valence-corrected chi connectivity index (χ0v) is 17.7. The van der Waals surface area contributed by atoms with Gasteiger partial charge in [0.25, 0.3) is 11.8 Å². The van der Waals surface area contributed by atoms with Crippen LogP contribution >= 0.6 is 0 Å². The first-order chi connectivity index (χ1) is 15.3. The zero-order chi connectivity index (χ0) is 23.4. The van der Waals surface area contributed by atoms with E-state index in [-0.39, 0.29) is 17.1 Å². The standard InChI is InChI=1S/C23H22N2O7/c1-4-15-7-5-6-8-17(15)25-21(27)16(20(26)24-23(25)30)11-14-9-10-18(19(12-14)31-3)32-13(2)22(28)29/h5-13H,4H2,1-3H3,(H,28,29)(H,24,26,30). The molecule has 2 aromatic carbocycles. The van der Waals surface area contributed by atoms with Gasteiger partial charge in [0.05, 0.1) is 12.8 Å². The fourth-order valence-electron chi connectivity index (χ4n) is 3.18. The molecule has 1 unspecified atom stereocenters. The van der Waals surface area contributed by atoms with Gasteiger partial charge in [0, 0.05) is 0 Å². The summed E-state index contributed by atoms with van der Waals surface area (Å²) in [7, 11) is 1.38. The zero-order valence-electron chi connectivity index (χ0n) is 17.7. The molecule has 0 aliphatic carbocycles. The van der Waals surface area contributed by atoms with Crippen LogP contribution in [-0.2, 0) is 20.8 Å². The molecule has 3 rings (SSSR count). The van der Waals surface area contributed by atoms with E-state index in [2.05, 4.69) is 5.32 Å². The lowest BCUT2D eigenvalue weighted by atomic mass is 10.0. The molecule has 2 aromatic rings. The fraction of sp³-hybridized carbons (Fsp3) is 0.217. The van der Waals surface area contributed by atoms with Crippen LogP contribution in [0.15, 0.2) is 48.0 Å². The van der Waals surface area contributed by atoms with E-state index < -0.39 is 29.9 Å². The van der Waals surface area contributed by atoms with E-state index in [1.807, 2.05) is 6.92 Å². The predicted molar refractivity (Wildman–Crippen MR) is 116 cm³/mol.